The van der Waals surface area contributed by atoms with Crippen LogP contribution in [0, 0.1) is 10.1 Å². The Morgan fingerprint density at radius 1 is 0.875 bits per heavy atom. The number of nitrogens with one attached hydrogen (secondary N) is 1. The van der Waals surface area contributed by atoms with Crippen molar-refractivity contribution in [1.82, 2.24) is 9.97 Å². The smallest absolute Gasteiger partial charge is 0.269 e. The molecule has 0 radical (unpaired) electrons. The van der Waals surface area contributed by atoms with E-state index in [0.29, 0.717) is 5.82 Å². The number of nitro groups is 1. The van der Waals surface area contributed by atoms with Gasteiger partial charge < -0.3 is 9.80 Å². The van der Waals surface area contributed by atoms with Crippen molar-refractivity contribution in [3.8, 4) is 0 Å². The highest BCUT2D eigenvalue weighted by molar-refractivity contribution is 5.80. The number of hydrogen-bond donors (Lipinski definition) is 1. The van der Waals surface area contributed by atoms with Gasteiger partial charge in [-0.1, -0.05) is 25.7 Å². The van der Waals surface area contributed by atoms with Gasteiger partial charge in [0.05, 0.1) is 11.1 Å². The maximum Gasteiger partial charge on any atom is 0.269 e. The van der Waals surface area contributed by atoms with Crippen LogP contribution in [0.15, 0.2) is 35.4 Å². The highest BCUT2D eigenvalue weighted by Crippen LogP contribution is 2.25. The summed E-state index contributed by atoms with van der Waals surface area (Å²) < 4.78 is 0. The van der Waals surface area contributed by atoms with Crippen LogP contribution in [0.3, 0.4) is 0 Å². The minimum atomic E-state index is -0.408. The van der Waals surface area contributed by atoms with Gasteiger partial charge in [0.2, 0.25) is 5.95 Å². The quantitative estimate of drug-likeness (QED) is 0.401. The molecule has 3 heterocycles. The summed E-state index contributed by atoms with van der Waals surface area (Å²) in [6.07, 6.45) is 11.4. The summed E-state index contributed by atoms with van der Waals surface area (Å²) in [5, 5.41) is 15.1. The Morgan fingerprint density at radius 3 is 2.06 bits per heavy atom. The number of nitrogens with zero attached hydrogens (tertiary/aromatic N) is 6. The van der Waals surface area contributed by atoms with Crippen molar-refractivity contribution in [1.29, 1.82) is 0 Å². The van der Waals surface area contributed by atoms with Gasteiger partial charge in [-0.05, 0) is 43.4 Å². The van der Waals surface area contributed by atoms with Crippen LogP contribution in [0.1, 0.15) is 56.9 Å². The average Bonchev–Trinajstić information content (AvgIpc) is 3.25. The zero-order valence-corrected chi connectivity index (χ0v) is 18.4. The molecule has 0 saturated carbocycles. The summed E-state index contributed by atoms with van der Waals surface area (Å²) in [4.78, 5) is 24.8. The molecule has 4 rings (SSSR count). The number of rotatable bonds is 6. The molecule has 0 atom stereocenters. The Balaban J connectivity index is 1.54. The van der Waals surface area contributed by atoms with Gasteiger partial charge in [-0.25, -0.2) is 0 Å². The van der Waals surface area contributed by atoms with Crippen molar-refractivity contribution in [2.75, 3.05) is 41.4 Å². The van der Waals surface area contributed by atoms with Crippen LogP contribution in [0.5, 0.6) is 0 Å². The summed E-state index contributed by atoms with van der Waals surface area (Å²) in [6, 6.07) is 8.27. The van der Waals surface area contributed by atoms with E-state index in [0.717, 1.165) is 43.5 Å². The van der Waals surface area contributed by atoms with Gasteiger partial charge in [0, 0.05) is 44.4 Å². The molecule has 0 spiro atoms. The predicted octanol–water partition coefficient (Wildman–Crippen LogP) is 4.59. The van der Waals surface area contributed by atoms with Crippen molar-refractivity contribution in [2.45, 2.75) is 51.4 Å². The Kier molecular flexibility index (Phi) is 7.47. The second kappa shape index (κ2) is 10.9. The molecule has 9 nitrogen and oxygen atoms in total. The Bertz CT molecular complexity index is 878. The third-order valence-corrected chi connectivity index (χ3v) is 6.02. The summed E-state index contributed by atoms with van der Waals surface area (Å²) in [6.45, 7) is 3.99. The maximum atomic E-state index is 10.8. The molecule has 2 aromatic rings. The normalized spacial score (nSPS) is 17.8. The first-order valence-corrected chi connectivity index (χ1v) is 11.6. The highest BCUT2D eigenvalue weighted by atomic mass is 16.6. The van der Waals surface area contributed by atoms with Crippen LogP contribution >= 0.6 is 0 Å². The van der Waals surface area contributed by atoms with E-state index in [1.54, 1.807) is 18.3 Å². The van der Waals surface area contributed by atoms with Crippen molar-refractivity contribution < 1.29 is 4.92 Å². The number of aromatic nitrogens is 2. The van der Waals surface area contributed by atoms with Crippen LogP contribution < -0.4 is 15.2 Å². The second-order valence-electron chi connectivity index (χ2n) is 8.43. The Labute approximate surface area is 188 Å². The van der Waals surface area contributed by atoms with Gasteiger partial charge in [0.25, 0.3) is 5.69 Å². The van der Waals surface area contributed by atoms with Gasteiger partial charge in [0.15, 0.2) is 5.82 Å². The largest absolute Gasteiger partial charge is 0.356 e. The second-order valence-corrected chi connectivity index (χ2v) is 8.43. The van der Waals surface area contributed by atoms with Crippen LogP contribution in [0.2, 0.25) is 0 Å². The van der Waals surface area contributed by atoms with E-state index >= 15 is 0 Å². The third kappa shape index (κ3) is 5.93. The van der Waals surface area contributed by atoms with E-state index < -0.39 is 4.92 Å². The fourth-order valence-corrected chi connectivity index (χ4v) is 4.21. The molecule has 2 aliphatic heterocycles. The molecule has 2 fully saturated rings. The molecule has 0 amide bonds. The van der Waals surface area contributed by atoms with E-state index in [4.69, 9.17) is 9.97 Å². The number of non-ortho nitro benzene ring substituents is 1. The first-order chi connectivity index (χ1) is 15.7. The molecular formula is C23H31N7O2. The molecule has 1 aromatic carbocycles. The zero-order chi connectivity index (χ0) is 22.2. The fourth-order valence-electron chi connectivity index (χ4n) is 4.21. The summed E-state index contributed by atoms with van der Waals surface area (Å²) in [7, 11) is 0. The lowest BCUT2D eigenvalue weighted by Crippen LogP contribution is -2.29. The monoisotopic (exact) mass is 437 g/mol. The lowest BCUT2D eigenvalue weighted by Gasteiger charge is -2.25. The van der Waals surface area contributed by atoms with Crippen molar-refractivity contribution in [2.24, 2.45) is 5.10 Å². The van der Waals surface area contributed by atoms with E-state index in [2.05, 4.69) is 20.3 Å². The minimum absolute atomic E-state index is 0.0649. The van der Waals surface area contributed by atoms with Crippen molar-refractivity contribution >= 4 is 29.5 Å². The maximum absolute atomic E-state index is 10.8. The SMILES string of the molecule is O=[N+]([O-])c1ccc(C=NNc2cc(N3CCCCCC3)nc(N3CCCCCC3)n2)cc1. The third-order valence-electron chi connectivity index (χ3n) is 6.02. The van der Waals surface area contributed by atoms with Gasteiger partial charge in [-0.15, -0.1) is 0 Å². The predicted molar refractivity (Wildman–Crippen MR) is 128 cm³/mol. The molecule has 32 heavy (non-hydrogen) atoms. The van der Waals surface area contributed by atoms with Gasteiger partial charge in [-0.2, -0.15) is 15.1 Å². The zero-order valence-electron chi connectivity index (χ0n) is 18.4. The van der Waals surface area contributed by atoms with Crippen molar-refractivity contribution in [3.05, 3.63) is 46.0 Å². The average molecular weight is 438 g/mol. The summed E-state index contributed by atoms with van der Waals surface area (Å²) in [5.41, 5.74) is 3.89. The van der Waals surface area contributed by atoms with Gasteiger partial charge >= 0.3 is 0 Å². The number of anilines is 3. The van der Waals surface area contributed by atoms with Crippen LogP contribution in [0.4, 0.5) is 23.3 Å². The van der Waals surface area contributed by atoms with Gasteiger partial charge in [-0.3, -0.25) is 15.5 Å². The van der Waals surface area contributed by atoms with Gasteiger partial charge in [0.1, 0.15) is 5.82 Å². The molecule has 0 bridgehead atoms. The topological polar surface area (TPSA) is 99.8 Å². The molecular weight excluding hydrogens is 406 g/mol. The molecule has 0 aliphatic carbocycles. The molecule has 2 saturated heterocycles. The minimum Gasteiger partial charge on any atom is -0.356 e. The van der Waals surface area contributed by atoms with E-state index in [-0.39, 0.29) is 5.69 Å². The number of hydrogen-bond acceptors (Lipinski definition) is 8. The summed E-state index contributed by atoms with van der Waals surface area (Å²) >= 11 is 0. The number of nitro benzene ring substituents is 1. The van der Waals surface area contributed by atoms with E-state index in [1.807, 2.05) is 6.07 Å². The molecule has 1 aromatic heterocycles. The molecule has 9 heteroatoms. The Hall–Kier alpha value is -3.23. The molecule has 2 aliphatic rings. The van der Waals surface area contributed by atoms with Crippen LogP contribution in [-0.4, -0.2) is 47.3 Å². The number of benzene rings is 1. The fraction of sp³-hybridized carbons (Fsp3) is 0.522. The highest BCUT2D eigenvalue weighted by Gasteiger charge is 2.18. The van der Waals surface area contributed by atoms with Crippen LogP contribution in [0.25, 0.3) is 0 Å². The number of hydrazone groups is 1. The molecule has 0 unspecified atom stereocenters. The van der Waals surface area contributed by atoms with Crippen molar-refractivity contribution in [3.63, 3.8) is 0 Å². The Morgan fingerprint density at radius 2 is 1.47 bits per heavy atom. The first kappa shape index (κ1) is 22.0. The van der Waals surface area contributed by atoms with E-state index in [1.165, 1.54) is 63.5 Å². The first-order valence-electron chi connectivity index (χ1n) is 11.6. The standard InChI is InChI=1S/C23H31N7O2/c31-30(32)20-11-9-19(10-12-20)18-24-27-21-17-22(28-13-5-1-2-6-14-28)26-23(25-21)29-15-7-3-4-8-16-29/h9-12,17-18H,1-8,13-16H2,(H,25,26,27). The lowest BCUT2D eigenvalue weighted by atomic mass is 10.2. The van der Waals surface area contributed by atoms with E-state index in [9.17, 15) is 10.1 Å². The van der Waals surface area contributed by atoms with Crippen LogP contribution in [-0.2, 0) is 0 Å². The molecule has 1 N–H and O–H groups in total. The lowest BCUT2D eigenvalue weighted by molar-refractivity contribution is -0.384. The summed E-state index contributed by atoms with van der Waals surface area (Å²) in [5.74, 6) is 2.38. The molecule has 170 valence electrons.